The molecule has 1 aromatic heterocycles. The van der Waals surface area contributed by atoms with Gasteiger partial charge in [0.2, 0.25) is 0 Å². The quantitative estimate of drug-likeness (QED) is 0.795. The second-order valence-corrected chi connectivity index (χ2v) is 4.70. The van der Waals surface area contributed by atoms with E-state index in [2.05, 4.69) is 37.1 Å². The highest BCUT2D eigenvalue weighted by Crippen LogP contribution is 2.13. The number of anilines is 1. The van der Waals surface area contributed by atoms with Crippen molar-refractivity contribution in [1.29, 1.82) is 0 Å². The highest BCUT2D eigenvalue weighted by molar-refractivity contribution is 5.43. The van der Waals surface area contributed by atoms with E-state index >= 15 is 0 Å². The van der Waals surface area contributed by atoms with Crippen LogP contribution in [-0.2, 0) is 0 Å². The molecule has 0 bridgehead atoms. The van der Waals surface area contributed by atoms with Crippen LogP contribution >= 0.6 is 0 Å². The Morgan fingerprint density at radius 1 is 1.27 bits per heavy atom. The predicted molar refractivity (Wildman–Crippen MR) is 66.1 cm³/mol. The molecule has 0 aromatic carbocycles. The van der Waals surface area contributed by atoms with Gasteiger partial charge in [0.1, 0.15) is 0 Å². The van der Waals surface area contributed by atoms with Gasteiger partial charge in [-0.1, -0.05) is 13.8 Å². The molecule has 1 N–H and O–H groups in total. The van der Waals surface area contributed by atoms with Gasteiger partial charge in [-0.05, 0) is 44.7 Å². The second-order valence-electron chi connectivity index (χ2n) is 4.70. The number of nitrogens with one attached hydrogen (secondary N) is 1. The van der Waals surface area contributed by atoms with E-state index in [1.165, 1.54) is 18.5 Å². The zero-order valence-electron chi connectivity index (χ0n) is 10.2. The summed E-state index contributed by atoms with van der Waals surface area (Å²) < 4.78 is 0. The molecule has 0 radical (unpaired) electrons. The van der Waals surface area contributed by atoms with Crippen LogP contribution in [0.2, 0.25) is 0 Å². The highest BCUT2D eigenvalue weighted by atomic mass is 14.9. The second kappa shape index (κ2) is 5.74. The maximum atomic E-state index is 4.18. The van der Waals surface area contributed by atoms with Crippen molar-refractivity contribution in [3.8, 4) is 0 Å². The minimum atomic E-state index is 0.536. The zero-order chi connectivity index (χ0) is 11.3. The Bertz CT molecular complexity index is 294. The van der Waals surface area contributed by atoms with Crippen molar-refractivity contribution >= 4 is 5.69 Å². The first-order chi connectivity index (χ1) is 7.08. The Morgan fingerprint density at radius 2 is 2.00 bits per heavy atom. The van der Waals surface area contributed by atoms with E-state index in [1.54, 1.807) is 0 Å². The van der Waals surface area contributed by atoms with Gasteiger partial charge in [-0.25, -0.2) is 0 Å². The topological polar surface area (TPSA) is 24.9 Å². The average molecular weight is 206 g/mol. The molecule has 2 nitrogen and oxygen atoms in total. The van der Waals surface area contributed by atoms with E-state index < -0.39 is 0 Å². The first-order valence-corrected chi connectivity index (χ1v) is 5.77. The summed E-state index contributed by atoms with van der Waals surface area (Å²) in [7, 11) is 0. The fraction of sp³-hybridized carbons (Fsp3) is 0.615. The van der Waals surface area contributed by atoms with Gasteiger partial charge in [0, 0.05) is 23.6 Å². The molecule has 1 unspecified atom stereocenters. The summed E-state index contributed by atoms with van der Waals surface area (Å²) in [5.74, 6) is 0.786. The number of aromatic nitrogens is 1. The summed E-state index contributed by atoms with van der Waals surface area (Å²) in [6, 6.07) is 4.65. The molecule has 0 aliphatic heterocycles. The van der Waals surface area contributed by atoms with Gasteiger partial charge in [0.15, 0.2) is 0 Å². The van der Waals surface area contributed by atoms with Gasteiger partial charge in [0.05, 0.1) is 0 Å². The largest absolute Gasteiger partial charge is 0.382 e. The predicted octanol–water partition coefficient (Wildman–Crippen LogP) is 3.63. The molecule has 0 aliphatic rings. The van der Waals surface area contributed by atoms with E-state index in [-0.39, 0.29) is 0 Å². The Labute approximate surface area is 93.1 Å². The van der Waals surface area contributed by atoms with Gasteiger partial charge in [-0.15, -0.1) is 0 Å². The van der Waals surface area contributed by atoms with Crippen LogP contribution in [0.15, 0.2) is 18.3 Å². The lowest BCUT2D eigenvalue weighted by molar-refractivity contribution is 0.527. The van der Waals surface area contributed by atoms with Crippen molar-refractivity contribution in [3.05, 3.63) is 24.0 Å². The Balaban J connectivity index is 2.40. The normalized spacial score (nSPS) is 12.9. The third-order valence-corrected chi connectivity index (χ3v) is 2.49. The van der Waals surface area contributed by atoms with Crippen LogP contribution in [0.4, 0.5) is 5.69 Å². The summed E-state index contributed by atoms with van der Waals surface area (Å²) in [5, 5.41) is 3.50. The maximum Gasteiger partial charge on any atom is 0.0393 e. The van der Waals surface area contributed by atoms with Crippen molar-refractivity contribution in [1.82, 2.24) is 4.98 Å². The molecular weight excluding hydrogens is 184 g/mol. The summed E-state index contributed by atoms with van der Waals surface area (Å²) in [5.41, 5.74) is 2.25. The first kappa shape index (κ1) is 12.0. The molecule has 0 aliphatic carbocycles. The van der Waals surface area contributed by atoms with Gasteiger partial charge in [-0.2, -0.15) is 0 Å². The van der Waals surface area contributed by atoms with Gasteiger partial charge >= 0.3 is 0 Å². The monoisotopic (exact) mass is 206 g/mol. The van der Waals surface area contributed by atoms with Crippen LogP contribution in [-0.4, -0.2) is 11.0 Å². The third kappa shape index (κ3) is 4.82. The maximum absolute atomic E-state index is 4.18. The van der Waals surface area contributed by atoms with Crippen LogP contribution in [0.3, 0.4) is 0 Å². The lowest BCUT2D eigenvalue weighted by atomic mass is 10.0. The Morgan fingerprint density at radius 3 is 2.60 bits per heavy atom. The van der Waals surface area contributed by atoms with Crippen LogP contribution in [0.5, 0.6) is 0 Å². The standard InChI is InChI=1S/C13H22N2/c1-10(2)5-6-11(3)15-13-7-8-14-12(4)9-13/h7-11H,5-6H2,1-4H3,(H,14,15). The zero-order valence-corrected chi connectivity index (χ0v) is 10.2. The summed E-state index contributed by atoms with van der Waals surface area (Å²) in [6.07, 6.45) is 4.35. The van der Waals surface area contributed by atoms with Crippen molar-refractivity contribution in [3.63, 3.8) is 0 Å². The SMILES string of the molecule is Cc1cc(NC(C)CCC(C)C)ccn1. The van der Waals surface area contributed by atoms with Crippen molar-refractivity contribution in [2.75, 3.05) is 5.32 Å². The number of hydrogen-bond acceptors (Lipinski definition) is 2. The molecule has 1 heterocycles. The number of aryl methyl sites for hydroxylation is 1. The smallest absolute Gasteiger partial charge is 0.0393 e. The van der Waals surface area contributed by atoms with E-state index in [4.69, 9.17) is 0 Å². The van der Waals surface area contributed by atoms with Crippen molar-refractivity contribution < 1.29 is 0 Å². The van der Waals surface area contributed by atoms with Crippen LogP contribution < -0.4 is 5.32 Å². The number of hydrogen-bond donors (Lipinski definition) is 1. The number of rotatable bonds is 5. The van der Waals surface area contributed by atoms with Crippen LogP contribution in [0.25, 0.3) is 0 Å². The minimum Gasteiger partial charge on any atom is -0.382 e. The first-order valence-electron chi connectivity index (χ1n) is 5.77. The van der Waals surface area contributed by atoms with Gasteiger partial charge < -0.3 is 5.32 Å². The molecule has 0 spiro atoms. The number of pyridine rings is 1. The molecule has 0 saturated carbocycles. The summed E-state index contributed by atoms with van der Waals surface area (Å²) in [6.45, 7) is 8.79. The molecule has 1 rings (SSSR count). The lowest BCUT2D eigenvalue weighted by Gasteiger charge is -2.16. The lowest BCUT2D eigenvalue weighted by Crippen LogP contribution is -2.15. The van der Waals surface area contributed by atoms with Gasteiger partial charge in [-0.3, -0.25) is 4.98 Å². The Kier molecular flexibility index (Phi) is 4.60. The van der Waals surface area contributed by atoms with E-state index in [1.807, 2.05) is 19.2 Å². The van der Waals surface area contributed by atoms with Gasteiger partial charge in [0.25, 0.3) is 0 Å². The molecule has 0 amide bonds. The van der Waals surface area contributed by atoms with Crippen molar-refractivity contribution in [2.45, 2.75) is 46.6 Å². The molecule has 1 atom stereocenters. The van der Waals surface area contributed by atoms with Crippen molar-refractivity contribution in [2.24, 2.45) is 5.92 Å². The molecule has 0 fully saturated rings. The molecular formula is C13H22N2. The third-order valence-electron chi connectivity index (χ3n) is 2.49. The van der Waals surface area contributed by atoms with E-state index in [9.17, 15) is 0 Å². The minimum absolute atomic E-state index is 0.536. The molecule has 84 valence electrons. The number of nitrogens with zero attached hydrogens (tertiary/aromatic N) is 1. The molecule has 1 aromatic rings. The van der Waals surface area contributed by atoms with Crippen LogP contribution in [0, 0.1) is 12.8 Å². The molecule has 15 heavy (non-hydrogen) atoms. The fourth-order valence-electron chi connectivity index (χ4n) is 1.58. The van der Waals surface area contributed by atoms with E-state index in [0.29, 0.717) is 6.04 Å². The van der Waals surface area contributed by atoms with Crippen LogP contribution in [0.1, 0.15) is 39.3 Å². The van der Waals surface area contributed by atoms with E-state index in [0.717, 1.165) is 11.6 Å². The fourth-order valence-corrected chi connectivity index (χ4v) is 1.58. The summed E-state index contributed by atoms with van der Waals surface area (Å²) >= 11 is 0. The highest BCUT2D eigenvalue weighted by Gasteiger charge is 2.03. The molecule has 0 saturated heterocycles. The Hall–Kier alpha value is -1.05. The average Bonchev–Trinajstić information content (AvgIpc) is 2.15. The molecule has 2 heteroatoms. The summed E-state index contributed by atoms with van der Waals surface area (Å²) in [4.78, 5) is 4.18.